The number of nitrogens with zero attached hydrogens (tertiary/aromatic N) is 1. The molecule has 2 N–H and O–H groups in total. The molecule has 0 aliphatic carbocycles. The van der Waals surface area contributed by atoms with Gasteiger partial charge in [-0.2, -0.15) is 0 Å². The number of amides is 1. The summed E-state index contributed by atoms with van der Waals surface area (Å²) < 4.78 is 0. The smallest absolute Gasteiger partial charge is 0.225 e. The van der Waals surface area contributed by atoms with E-state index in [9.17, 15) is 4.79 Å². The number of hydrogen-bond donors (Lipinski definition) is 2. The highest BCUT2D eigenvalue weighted by molar-refractivity contribution is 5.90. The minimum absolute atomic E-state index is 0.0319. The summed E-state index contributed by atoms with van der Waals surface area (Å²) in [5.41, 5.74) is 4.26. The first-order chi connectivity index (χ1) is 12.2. The largest absolute Gasteiger partial charge is 0.354 e. The van der Waals surface area contributed by atoms with Gasteiger partial charge in [0.1, 0.15) is 5.82 Å². The van der Waals surface area contributed by atoms with Crippen molar-refractivity contribution in [3.8, 4) is 0 Å². The Bertz CT molecular complexity index is 812. The quantitative estimate of drug-likeness (QED) is 0.688. The lowest BCUT2D eigenvalue weighted by atomic mass is 10.1. The molecule has 0 fully saturated rings. The van der Waals surface area contributed by atoms with E-state index in [0.29, 0.717) is 12.2 Å². The highest BCUT2D eigenvalue weighted by Gasteiger charge is 2.04. The fourth-order valence-corrected chi connectivity index (χ4v) is 2.45. The number of aryl methyl sites for hydroxylation is 2. The Labute approximate surface area is 147 Å². The van der Waals surface area contributed by atoms with E-state index in [2.05, 4.69) is 34.7 Å². The summed E-state index contributed by atoms with van der Waals surface area (Å²) in [6.45, 7) is 2.06. The number of hydrogen-bond acceptors (Lipinski definition) is 3. The molecule has 0 saturated heterocycles. The second-order valence-corrected chi connectivity index (χ2v) is 5.96. The fourth-order valence-electron chi connectivity index (χ4n) is 2.45. The molecule has 1 amide bonds. The predicted octanol–water partition coefficient (Wildman–Crippen LogP) is 4.70. The van der Waals surface area contributed by atoms with Crippen LogP contribution in [-0.2, 0) is 11.2 Å². The van der Waals surface area contributed by atoms with Crippen molar-refractivity contribution in [1.82, 2.24) is 4.98 Å². The average molecular weight is 331 g/mol. The lowest BCUT2D eigenvalue weighted by molar-refractivity contribution is -0.116. The van der Waals surface area contributed by atoms with Gasteiger partial charge in [-0.3, -0.25) is 4.79 Å². The standard InChI is InChI=1S/C21H21N3O/c1-16-7-10-18(11-8-16)23-19-12-13-20(22-15-19)24-21(25)14-9-17-5-3-2-4-6-17/h2-8,10-13,15,23H,9,14H2,1H3,(H,22,24,25). The van der Waals surface area contributed by atoms with Crippen LogP contribution in [-0.4, -0.2) is 10.9 Å². The highest BCUT2D eigenvalue weighted by atomic mass is 16.1. The second-order valence-electron chi connectivity index (χ2n) is 5.96. The lowest BCUT2D eigenvalue weighted by Gasteiger charge is -2.08. The van der Waals surface area contributed by atoms with Crippen molar-refractivity contribution in [3.05, 3.63) is 84.1 Å². The van der Waals surface area contributed by atoms with E-state index in [1.807, 2.05) is 48.5 Å². The second kappa shape index (κ2) is 8.11. The number of anilines is 3. The van der Waals surface area contributed by atoms with Gasteiger partial charge in [0.15, 0.2) is 0 Å². The molecular weight excluding hydrogens is 310 g/mol. The van der Waals surface area contributed by atoms with Crippen LogP contribution in [0, 0.1) is 6.92 Å². The SMILES string of the molecule is Cc1ccc(Nc2ccc(NC(=O)CCc3ccccc3)nc2)cc1. The molecule has 0 saturated carbocycles. The van der Waals surface area contributed by atoms with E-state index < -0.39 is 0 Å². The Balaban J connectivity index is 1.51. The molecule has 0 atom stereocenters. The third-order valence-corrected chi connectivity index (χ3v) is 3.85. The molecular formula is C21H21N3O. The summed E-state index contributed by atoms with van der Waals surface area (Å²) in [6.07, 6.45) is 2.88. The summed E-state index contributed by atoms with van der Waals surface area (Å²) in [5.74, 6) is 0.531. The molecule has 0 unspecified atom stereocenters. The Kier molecular flexibility index (Phi) is 5.42. The molecule has 4 nitrogen and oxygen atoms in total. The van der Waals surface area contributed by atoms with Gasteiger partial charge in [-0.05, 0) is 43.2 Å². The summed E-state index contributed by atoms with van der Waals surface area (Å²) in [6, 6.07) is 21.8. The molecule has 0 radical (unpaired) electrons. The zero-order valence-corrected chi connectivity index (χ0v) is 14.2. The maximum absolute atomic E-state index is 12.0. The summed E-state index contributed by atoms with van der Waals surface area (Å²) in [5, 5.41) is 6.12. The Morgan fingerprint density at radius 2 is 1.64 bits per heavy atom. The van der Waals surface area contributed by atoms with Crippen LogP contribution >= 0.6 is 0 Å². The first kappa shape index (κ1) is 16.7. The maximum Gasteiger partial charge on any atom is 0.225 e. The molecule has 25 heavy (non-hydrogen) atoms. The average Bonchev–Trinajstić information content (AvgIpc) is 2.64. The van der Waals surface area contributed by atoms with Crippen molar-refractivity contribution >= 4 is 23.1 Å². The minimum atomic E-state index is -0.0319. The number of carbonyl (C=O) groups excluding carboxylic acids is 1. The van der Waals surface area contributed by atoms with Crippen LogP contribution in [0.15, 0.2) is 72.9 Å². The maximum atomic E-state index is 12.0. The minimum Gasteiger partial charge on any atom is -0.354 e. The number of carbonyl (C=O) groups is 1. The van der Waals surface area contributed by atoms with Gasteiger partial charge in [-0.25, -0.2) is 4.98 Å². The van der Waals surface area contributed by atoms with Gasteiger partial charge in [-0.15, -0.1) is 0 Å². The van der Waals surface area contributed by atoms with Gasteiger partial charge in [0.2, 0.25) is 5.91 Å². The molecule has 2 aromatic carbocycles. The van der Waals surface area contributed by atoms with Crippen LogP contribution < -0.4 is 10.6 Å². The molecule has 0 aliphatic heterocycles. The Hall–Kier alpha value is -3.14. The van der Waals surface area contributed by atoms with Gasteiger partial charge in [0, 0.05) is 12.1 Å². The van der Waals surface area contributed by atoms with E-state index in [0.717, 1.165) is 23.4 Å². The Morgan fingerprint density at radius 3 is 2.32 bits per heavy atom. The van der Waals surface area contributed by atoms with Crippen molar-refractivity contribution in [2.45, 2.75) is 19.8 Å². The van der Waals surface area contributed by atoms with Gasteiger partial charge in [-0.1, -0.05) is 48.0 Å². The number of benzene rings is 2. The van der Waals surface area contributed by atoms with Crippen LogP contribution in [0.5, 0.6) is 0 Å². The molecule has 0 spiro atoms. The van der Waals surface area contributed by atoms with Crippen LogP contribution in [0.1, 0.15) is 17.5 Å². The lowest BCUT2D eigenvalue weighted by Crippen LogP contribution is -2.13. The number of pyridine rings is 1. The number of nitrogens with one attached hydrogen (secondary N) is 2. The highest BCUT2D eigenvalue weighted by Crippen LogP contribution is 2.17. The first-order valence-corrected chi connectivity index (χ1v) is 8.32. The molecule has 1 heterocycles. The number of aromatic nitrogens is 1. The predicted molar refractivity (Wildman–Crippen MR) is 102 cm³/mol. The molecule has 126 valence electrons. The van der Waals surface area contributed by atoms with E-state index in [4.69, 9.17) is 0 Å². The molecule has 3 rings (SSSR count). The third kappa shape index (κ3) is 5.18. The Morgan fingerprint density at radius 1 is 0.920 bits per heavy atom. The van der Waals surface area contributed by atoms with E-state index in [1.165, 1.54) is 5.56 Å². The normalized spacial score (nSPS) is 10.3. The molecule has 0 aliphatic rings. The van der Waals surface area contributed by atoms with Crippen molar-refractivity contribution < 1.29 is 4.79 Å². The van der Waals surface area contributed by atoms with Gasteiger partial charge >= 0.3 is 0 Å². The van der Waals surface area contributed by atoms with Crippen molar-refractivity contribution in [2.24, 2.45) is 0 Å². The topological polar surface area (TPSA) is 54.0 Å². The van der Waals surface area contributed by atoms with Crippen molar-refractivity contribution in [3.63, 3.8) is 0 Å². The van der Waals surface area contributed by atoms with Crippen LogP contribution in [0.25, 0.3) is 0 Å². The zero-order chi connectivity index (χ0) is 17.5. The summed E-state index contributed by atoms with van der Waals surface area (Å²) in [7, 11) is 0. The fraction of sp³-hybridized carbons (Fsp3) is 0.143. The van der Waals surface area contributed by atoms with E-state index in [1.54, 1.807) is 12.3 Å². The van der Waals surface area contributed by atoms with Crippen LogP contribution in [0.2, 0.25) is 0 Å². The van der Waals surface area contributed by atoms with Crippen molar-refractivity contribution in [1.29, 1.82) is 0 Å². The summed E-state index contributed by atoms with van der Waals surface area (Å²) in [4.78, 5) is 16.3. The van der Waals surface area contributed by atoms with Crippen LogP contribution in [0.3, 0.4) is 0 Å². The monoisotopic (exact) mass is 331 g/mol. The third-order valence-electron chi connectivity index (χ3n) is 3.85. The number of rotatable bonds is 6. The van der Waals surface area contributed by atoms with Crippen molar-refractivity contribution in [2.75, 3.05) is 10.6 Å². The van der Waals surface area contributed by atoms with E-state index in [-0.39, 0.29) is 5.91 Å². The molecule has 3 aromatic rings. The zero-order valence-electron chi connectivity index (χ0n) is 14.2. The van der Waals surface area contributed by atoms with E-state index >= 15 is 0 Å². The molecule has 0 bridgehead atoms. The summed E-state index contributed by atoms with van der Waals surface area (Å²) >= 11 is 0. The van der Waals surface area contributed by atoms with Crippen LogP contribution in [0.4, 0.5) is 17.2 Å². The van der Waals surface area contributed by atoms with Gasteiger partial charge < -0.3 is 10.6 Å². The molecule has 1 aromatic heterocycles. The van der Waals surface area contributed by atoms with Gasteiger partial charge in [0.05, 0.1) is 11.9 Å². The first-order valence-electron chi connectivity index (χ1n) is 8.32. The van der Waals surface area contributed by atoms with Gasteiger partial charge in [0.25, 0.3) is 0 Å². The molecule has 4 heteroatoms.